The molecule has 1 amide bonds. The summed E-state index contributed by atoms with van der Waals surface area (Å²) in [6, 6.07) is 0. The number of carbonyl (C=O) groups is 1. The average Bonchev–Trinajstić information content (AvgIpc) is 2.69. The zero-order valence-electron chi connectivity index (χ0n) is 10.4. The minimum Gasteiger partial charge on any atom is -0.343 e. The standard InChI is InChI=1S/C13H24N2O/c1-2-15(10-11-4-3-5-11)13(16)8-12-6-7-14-9-12/h11-12,14H,2-10H2,1H3. The van der Waals surface area contributed by atoms with Crippen LogP contribution >= 0.6 is 0 Å². The van der Waals surface area contributed by atoms with Gasteiger partial charge in [-0.05, 0) is 51.1 Å². The van der Waals surface area contributed by atoms with Gasteiger partial charge in [-0.25, -0.2) is 0 Å². The van der Waals surface area contributed by atoms with Crippen molar-refractivity contribution in [3.05, 3.63) is 0 Å². The summed E-state index contributed by atoms with van der Waals surface area (Å²) in [5.41, 5.74) is 0. The van der Waals surface area contributed by atoms with Crippen molar-refractivity contribution >= 4 is 5.91 Å². The Balaban J connectivity index is 1.75. The Bertz CT molecular complexity index is 232. The van der Waals surface area contributed by atoms with Crippen LogP contribution in [-0.4, -0.2) is 37.0 Å². The molecule has 0 aromatic rings. The summed E-state index contributed by atoms with van der Waals surface area (Å²) in [6.45, 7) is 6.12. The van der Waals surface area contributed by atoms with Gasteiger partial charge in [0.15, 0.2) is 0 Å². The van der Waals surface area contributed by atoms with Gasteiger partial charge in [0.1, 0.15) is 0 Å². The van der Waals surface area contributed by atoms with Crippen LogP contribution < -0.4 is 5.32 Å². The van der Waals surface area contributed by atoms with Gasteiger partial charge in [-0.1, -0.05) is 6.42 Å². The number of nitrogens with one attached hydrogen (secondary N) is 1. The lowest BCUT2D eigenvalue weighted by atomic mass is 9.85. The highest BCUT2D eigenvalue weighted by Gasteiger charge is 2.25. The number of hydrogen-bond acceptors (Lipinski definition) is 2. The molecule has 1 heterocycles. The average molecular weight is 224 g/mol. The van der Waals surface area contributed by atoms with Crippen LogP contribution in [0.4, 0.5) is 0 Å². The van der Waals surface area contributed by atoms with Crippen LogP contribution in [0.1, 0.15) is 39.0 Å². The fraction of sp³-hybridized carbons (Fsp3) is 0.923. The molecule has 1 atom stereocenters. The molecule has 1 saturated carbocycles. The van der Waals surface area contributed by atoms with Crippen molar-refractivity contribution in [1.82, 2.24) is 10.2 Å². The van der Waals surface area contributed by atoms with E-state index in [1.165, 1.54) is 25.7 Å². The Morgan fingerprint density at radius 2 is 2.12 bits per heavy atom. The Hall–Kier alpha value is -0.570. The van der Waals surface area contributed by atoms with Crippen LogP contribution in [0.5, 0.6) is 0 Å². The van der Waals surface area contributed by atoms with E-state index in [0.717, 1.165) is 38.5 Å². The lowest BCUT2D eigenvalue weighted by molar-refractivity contribution is -0.132. The first-order valence-corrected chi connectivity index (χ1v) is 6.78. The van der Waals surface area contributed by atoms with E-state index in [1.54, 1.807) is 0 Å². The third kappa shape index (κ3) is 2.97. The number of rotatable bonds is 5. The quantitative estimate of drug-likeness (QED) is 0.770. The Morgan fingerprint density at radius 1 is 1.31 bits per heavy atom. The predicted octanol–water partition coefficient (Wildman–Crippen LogP) is 1.63. The normalized spacial score (nSPS) is 25.4. The highest BCUT2D eigenvalue weighted by Crippen LogP contribution is 2.27. The van der Waals surface area contributed by atoms with Gasteiger partial charge in [0, 0.05) is 19.5 Å². The van der Waals surface area contributed by atoms with Crippen LogP contribution in [0.2, 0.25) is 0 Å². The molecule has 0 aromatic carbocycles. The molecule has 0 aromatic heterocycles. The summed E-state index contributed by atoms with van der Waals surface area (Å²) in [4.78, 5) is 14.2. The zero-order valence-corrected chi connectivity index (χ0v) is 10.4. The second-order valence-corrected chi connectivity index (χ2v) is 5.29. The van der Waals surface area contributed by atoms with E-state index in [0.29, 0.717) is 11.8 Å². The molecule has 1 unspecified atom stereocenters. The number of amides is 1. The molecule has 3 nitrogen and oxygen atoms in total. The molecule has 0 spiro atoms. The monoisotopic (exact) mass is 224 g/mol. The molecule has 1 aliphatic carbocycles. The molecule has 92 valence electrons. The van der Waals surface area contributed by atoms with Crippen LogP contribution in [-0.2, 0) is 4.79 Å². The van der Waals surface area contributed by atoms with Crippen molar-refractivity contribution in [3.63, 3.8) is 0 Å². The number of nitrogens with zero attached hydrogens (tertiary/aromatic N) is 1. The molecule has 3 heteroatoms. The lowest BCUT2D eigenvalue weighted by Gasteiger charge is -2.32. The van der Waals surface area contributed by atoms with Gasteiger partial charge in [-0.15, -0.1) is 0 Å². The number of hydrogen-bond donors (Lipinski definition) is 1. The smallest absolute Gasteiger partial charge is 0.222 e. The van der Waals surface area contributed by atoms with Gasteiger partial charge in [-0.3, -0.25) is 4.79 Å². The first kappa shape index (κ1) is 11.9. The van der Waals surface area contributed by atoms with Crippen LogP contribution in [0.15, 0.2) is 0 Å². The highest BCUT2D eigenvalue weighted by molar-refractivity contribution is 5.76. The van der Waals surface area contributed by atoms with E-state index >= 15 is 0 Å². The van der Waals surface area contributed by atoms with E-state index in [9.17, 15) is 4.79 Å². The van der Waals surface area contributed by atoms with Gasteiger partial charge in [0.25, 0.3) is 0 Å². The van der Waals surface area contributed by atoms with Crippen LogP contribution in [0, 0.1) is 11.8 Å². The molecule has 2 aliphatic rings. The largest absolute Gasteiger partial charge is 0.343 e. The van der Waals surface area contributed by atoms with Crippen molar-refractivity contribution in [3.8, 4) is 0 Å². The first-order chi connectivity index (χ1) is 7.79. The molecule has 16 heavy (non-hydrogen) atoms. The third-order valence-electron chi connectivity index (χ3n) is 4.06. The second-order valence-electron chi connectivity index (χ2n) is 5.29. The molecule has 0 bridgehead atoms. The Labute approximate surface area is 98.6 Å². The van der Waals surface area contributed by atoms with Gasteiger partial charge in [0.2, 0.25) is 5.91 Å². The van der Waals surface area contributed by atoms with E-state index in [2.05, 4.69) is 17.1 Å². The number of carbonyl (C=O) groups excluding carboxylic acids is 1. The third-order valence-corrected chi connectivity index (χ3v) is 4.06. The summed E-state index contributed by atoms with van der Waals surface area (Å²) >= 11 is 0. The van der Waals surface area contributed by atoms with Gasteiger partial charge in [-0.2, -0.15) is 0 Å². The summed E-state index contributed by atoms with van der Waals surface area (Å²) in [7, 11) is 0. The van der Waals surface area contributed by atoms with Gasteiger partial charge >= 0.3 is 0 Å². The minimum atomic E-state index is 0.378. The summed E-state index contributed by atoms with van der Waals surface area (Å²) in [5, 5.41) is 3.33. The van der Waals surface area contributed by atoms with Crippen molar-refractivity contribution < 1.29 is 4.79 Å². The van der Waals surface area contributed by atoms with Gasteiger partial charge < -0.3 is 10.2 Å². The predicted molar refractivity (Wildman–Crippen MR) is 65.2 cm³/mol. The Kier molecular flexibility index (Phi) is 4.22. The van der Waals surface area contributed by atoms with Crippen molar-refractivity contribution in [1.29, 1.82) is 0 Å². The van der Waals surface area contributed by atoms with E-state index in [1.807, 2.05) is 0 Å². The molecular formula is C13H24N2O. The van der Waals surface area contributed by atoms with E-state index < -0.39 is 0 Å². The SMILES string of the molecule is CCN(CC1CCC1)C(=O)CC1CCNC1. The molecule has 0 radical (unpaired) electrons. The van der Waals surface area contributed by atoms with E-state index in [4.69, 9.17) is 0 Å². The summed E-state index contributed by atoms with van der Waals surface area (Å²) in [5.74, 6) is 1.76. The summed E-state index contributed by atoms with van der Waals surface area (Å²) < 4.78 is 0. The van der Waals surface area contributed by atoms with Crippen molar-refractivity contribution in [2.45, 2.75) is 39.0 Å². The fourth-order valence-corrected chi connectivity index (χ4v) is 2.66. The first-order valence-electron chi connectivity index (χ1n) is 6.78. The zero-order chi connectivity index (χ0) is 11.4. The Morgan fingerprint density at radius 3 is 2.62 bits per heavy atom. The minimum absolute atomic E-state index is 0.378. The maximum absolute atomic E-state index is 12.1. The lowest BCUT2D eigenvalue weighted by Crippen LogP contribution is -2.38. The maximum atomic E-state index is 12.1. The fourth-order valence-electron chi connectivity index (χ4n) is 2.66. The topological polar surface area (TPSA) is 32.3 Å². The summed E-state index contributed by atoms with van der Waals surface area (Å²) in [6.07, 6.45) is 5.95. The molecule has 2 fully saturated rings. The van der Waals surface area contributed by atoms with Crippen molar-refractivity contribution in [2.24, 2.45) is 11.8 Å². The molecule has 2 rings (SSSR count). The molecule has 1 N–H and O–H groups in total. The molecule has 1 aliphatic heterocycles. The van der Waals surface area contributed by atoms with E-state index in [-0.39, 0.29) is 0 Å². The molecular weight excluding hydrogens is 200 g/mol. The maximum Gasteiger partial charge on any atom is 0.222 e. The van der Waals surface area contributed by atoms with Crippen LogP contribution in [0.3, 0.4) is 0 Å². The van der Waals surface area contributed by atoms with Crippen LogP contribution in [0.25, 0.3) is 0 Å². The molecule has 1 saturated heterocycles. The van der Waals surface area contributed by atoms with Gasteiger partial charge in [0.05, 0.1) is 0 Å². The van der Waals surface area contributed by atoms with Crippen molar-refractivity contribution in [2.75, 3.05) is 26.2 Å². The highest BCUT2D eigenvalue weighted by atomic mass is 16.2. The second kappa shape index (κ2) is 5.67.